The SMILES string of the molecule is Cc1cccc(C(=O)N(CC(=O)N(C)C)CC(F)(F)F)n1. The highest BCUT2D eigenvalue weighted by Gasteiger charge is 2.34. The minimum Gasteiger partial charge on any atom is -0.347 e. The first-order valence-electron chi connectivity index (χ1n) is 6.10. The van der Waals surface area contributed by atoms with E-state index in [1.165, 1.54) is 26.2 Å². The Labute approximate surface area is 120 Å². The topological polar surface area (TPSA) is 53.5 Å². The maximum absolute atomic E-state index is 12.6. The molecule has 1 rings (SSSR count). The van der Waals surface area contributed by atoms with Crippen LogP contribution in [0.4, 0.5) is 13.2 Å². The lowest BCUT2D eigenvalue weighted by Gasteiger charge is -2.24. The van der Waals surface area contributed by atoms with Crippen LogP contribution in [0.3, 0.4) is 0 Å². The van der Waals surface area contributed by atoms with Crippen LogP contribution in [0.25, 0.3) is 0 Å². The number of carbonyl (C=O) groups excluding carboxylic acids is 2. The first-order chi connectivity index (χ1) is 9.60. The molecule has 0 radical (unpaired) electrons. The molecule has 0 aliphatic heterocycles. The Hall–Kier alpha value is -2.12. The van der Waals surface area contributed by atoms with Crippen LogP contribution in [-0.2, 0) is 4.79 Å². The van der Waals surface area contributed by atoms with Crippen LogP contribution in [-0.4, -0.2) is 60.0 Å². The predicted octanol–water partition coefficient (Wildman–Crippen LogP) is 1.48. The molecule has 0 aliphatic carbocycles. The van der Waals surface area contributed by atoms with Crippen molar-refractivity contribution in [1.82, 2.24) is 14.8 Å². The molecule has 116 valence electrons. The molecule has 0 fully saturated rings. The maximum Gasteiger partial charge on any atom is 0.406 e. The van der Waals surface area contributed by atoms with E-state index in [2.05, 4.69) is 4.98 Å². The number of likely N-dealkylation sites (N-methyl/N-ethyl adjacent to an activating group) is 1. The third kappa shape index (κ3) is 5.41. The van der Waals surface area contributed by atoms with E-state index in [-0.39, 0.29) is 5.69 Å². The van der Waals surface area contributed by atoms with Gasteiger partial charge in [0.25, 0.3) is 5.91 Å². The minimum atomic E-state index is -4.59. The molecule has 0 bridgehead atoms. The third-order valence-corrected chi connectivity index (χ3v) is 2.59. The molecule has 0 atom stereocenters. The van der Waals surface area contributed by atoms with E-state index in [0.717, 1.165) is 4.90 Å². The number of pyridine rings is 1. The average molecular weight is 303 g/mol. The fraction of sp³-hybridized carbons (Fsp3) is 0.462. The van der Waals surface area contributed by atoms with Crippen LogP contribution >= 0.6 is 0 Å². The van der Waals surface area contributed by atoms with Gasteiger partial charge in [0.15, 0.2) is 0 Å². The Balaban J connectivity index is 3.00. The standard InChI is InChI=1S/C13H16F3N3O2/c1-9-5-4-6-10(17-9)12(21)19(8-13(14,15)16)7-11(20)18(2)3/h4-6H,7-8H2,1-3H3. The maximum atomic E-state index is 12.6. The summed E-state index contributed by atoms with van der Waals surface area (Å²) >= 11 is 0. The first kappa shape index (κ1) is 16.9. The van der Waals surface area contributed by atoms with Crippen molar-refractivity contribution in [2.75, 3.05) is 27.2 Å². The van der Waals surface area contributed by atoms with Crippen molar-refractivity contribution in [2.45, 2.75) is 13.1 Å². The molecular formula is C13H16F3N3O2. The van der Waals surface area contributed by atoms with E-state index < -0.39 is 31.1 Å². The van der Waals surface area contributed by atoms with Crippen LogP contribution < -0.4 is 0 Å². The summed E-state index contributed by atoms with van der Waals surface area (Å²) in [6.07, 6.45) is -4.59. The number of carbonyl (C=O) groups is 2. The van der Waals surface area contributed by atoms with Gasteiger partial charge in [-0.2, -0.15) is 13.2 Å². The zero-order chi connectivity index (χ0) is 16.2. The van der Waals surface area contributed by atoms with Gasteiger partial charge in [0.1, 0.15) is 18.8 Å². The normalized spacial score (nSPS) is 11.1. The summed E-state index contributed by atoms with van der Waals surface area (Å²) < 4.78 is 37.7. The number of hydrogen-bond donors (Lipinski definition) is 0. The van der Waals surface area contributed by atoms with Gasteiger partial charge in [0.2, 0.25) is 5.91 Å². The summed E-state index contributed by atoms with van der Waals surface area (Å²) in [6, 6.07) is 4.46. The zero-order valence-corrected chi connectivity index (χ0v) is 11.9. The van der Waals surface area contributed by atoms with Crippen LogP contribution in [0.15, 0.2) is 18.2 Å². The fourth-order valence-electron chi connectivity index (χ4n) is 1.54. The summed E-state index contributed by atoms with van der Waals surface area (Å²) in [5.74, 6) is -1.52. The minimum absolute atomic E-state index is 0.120. The van der Waals surface area contributed by atoms with E-state index in [1.54, 1.807) is 13.0 Å². The second-order valence-electron chi connectivity index (χ2n) is 4.73. The van der Waals surface area contributed by atoms with Gasteiger partial charge in [-0.1, -0.05) is 6.07 Å². The Morgan fingerprint density at radius 1 is 1.24 bits per heavy atom. The highest BCUT2D eigenvalue weighted by Crippen LogP contribution is 2.18. The number of nitrogens with zero attached hydrogens (tertiary/aromatic N) is 3. The van der Waals surface area contributed by atoms with Crippen LogP contribution in [0.5, 0.6) is 0 Å². The number of amides is 2. The van der Waals surface area contributed by atoms with E-state index in [0.29, 0.717) is 10.6 Å². The Kier molecular flexibility index (Phi) is 5.28. The van der Waals surface area contributed by atoms with Gasteiger partial charge >= 0.3 is 6.18 Å². The molecule has 0 unspecified atom stereocenters. The zero-order valence-electron chi connectivity index (χ0n) is 11.9. The van der Waals surface area contributed by atoms with Crippen LogP contribution in [0, 0.1) is 6.92 Å². The summed E-state index contributed by atoms with van der Waals surface area (Å²) in [4.78, 5) is 29.2. The molecule has 0 N–H and O–H groups in total. The molecule has 1 aromatic rings. The number of alkyl halides is 3. The van der Waals surface area contributed by atoms with E-state index in [9.17, 15) is 22.8 Å². The fourth-order valence-corrected chi connectivity index (χ4v) is 1.54. The van der Waals surface area contributed by atoms with Gasteiger partial charge in [-0.05, 0) is 19.1 Å². The van der Waals surface area contributed by atoms with Crippen molar-refractivity contribution in [2.24, 2.45) is 0 Å². The number of halogens is 3. The van der Waals surface area contributed by atoms with Crippen molar-refractivity contribution in [1.29, 1.82) is 0 Å². The number of rotatable bonds is 4. The molecule has 0 saturated carbocycles. The van der Waals surface area contributed by atoms with E-state index in [4.69, 9.17) is 0 Å². The molecule has 1 aromatic heterocycles. The van der Waals surface area contributed by atoms with E-state index in [1.807, 2.05) is 0 Å². The largest absolute Gasteiger partial charge is 0.406 e. The Morgan fingerprint density at radius 2 is 1.86 bits per heavy atom. The van der Waals surface area contributed by atoms with Gasteiger partial charge in [-0.3, -0.25) is 9.59 Å². The van der Waals surface area contributed by atoms with Crippen molar-refractivity contribution in [3.05, 3.63) is 29.6 Å². The lowest BCUT2D eigenvalue weighted by molar-refractivity contribution is -0.146. The molecule has 8 heteroatoms. The summed E-state index contributed by atoms with van der Waals surface area (Å²) in [5.41, 5.74) is 0.387. The first-order valence-corrected chi connectivity index (χ1v) is 6.10. The quantitative estimate of drug-likeness (QED) is 0.846. The summed E-state index contributed by atoms with van der Waals surface area (Å²) in [6.45, 7) is -0.530. The highest BCUT2D eigenvalue weighted by molar-refractivity contribution is 5.95. The van der Waals surface area contributed by atoms with E-state index >= 15 is 0 Å². The molecule has 0 aromatic carbocycles. The number of hydrogen-bond acceptors (Lipinski definition) is 3. The lowest BCUT2D eigenvalue weighted by atomic mass is 10.2. The van der Waals surface area contributed by atoms with Crippen LogP contribution in [0.2, 0.25) is 0 Å². The van der Waals surface area contributed by atoms with Gasteiger partial charge in [-0.15, -0.1) is 0 Å². The number of aromatic nitrogens is 1. The molecule has 0 spiro atoms. The lowest BCUT2D eigenvalue weighted by Crippen LogP contribution is -2.45. The van der Waals surface area contributed by atoms with Gasteiger partial charge in [-0.25, -0.2) is 4.98 Å². The monoisotopic (exact) mass is 303 g/mol. The molecule has 0 aliphatic rings. The molecular weight excluding hydrogens is 287 g/mol. The highest BCUT2D eigenvalue weighted by atomic mass is 19.4. The van der Waals surface area contributed by atoms with Crippen molar-refractivity contribution in [3.63, 3.8) is 0 Å². The van der Waals surface area contributed by atoms with Crippen LogP contribution in [0.1, 0.15) is 16.2 Å². The predicted molar refractivity (Wildman–Crippen MR) is 69.6 cm³/mol. The summed E-state index contributed by atoms with van der Waals surface area (Å²) in [7, 11) is 2.81. The smallest absolute Gasteiger partial charge is 0.347 e. The molecule has 21 heavy (non-hydrogen) atoms. The van der Waals surface area contributed by atoms with Crippen molar-refractivity contribution in [3.8, 4) is 0 Å². The second-order valence-corrected chi connectivity index (χ2v) is 4.73. The van der Waals surface area contributed by atoms with Gasteiger partial charge in [0, 0.05) is 19.8 Å². The molecule has 2 amide bonds. The Bertz CT molecular complexity index is 530. The molecule has 0 saturated heterocycles. The van der Waals surface area contributed by atoms with Crippen molar-refractivity contribution >= 4 is 11.8 Å². The van der Waals surface area contributed by atoms with Gasteiger partial charge in [0.05, 0.1) is 0 Å². The third-order valence-electron chi connectivity index (χ3n) is 2.59. The van der Waals surface area contributed by atoms with Gasteiger partial charge < -0.3 is 9.80 Å². The molecule has 5 nitrogen and oxygen atoms in total. The second kappa shape index (κ2) is 6.55. The Morgan fingerprint density at radius 3 is 2.33 bits per heavy atom. The summed E-state index contributed by atoms with van der Waals surface area (Å²) in [5, 5.41) is 0. The molecule has 1 heterocycles. The number of aryl methyl sites for hydroxylation is 1. The van der Waals surface area contributed by atoms with Crippen molar-refractivity contribution < 1.29 is 22.8 Å². The average Bonchev–Trinajstić information content (AvgIpc) is 2.35.